The third-order valence-corrected chi connectivity index (χ3v) is 22.2. The molecule has 4 rings (SSSR count). The van der Waals surface area contributed by atoms with Crippen molar-refractivity contribution in [2.45, 2.75) is 160 Å². The van der Waals surface area contributed by atoms with Crippen molar-refractivity contribution >= 4 is 42.7 Å². The van der Waals surface area contributed by atoms with Gasteiger partial charge in [0.05, 0.1) is 62.6 Å². The lowest BCUT2D eigenvalue weighted by Crippen LogP contribution is -2.59. The topological polar surface area (TPSA) is 113 Å². The summed E-state index contributed by atoms with van der Waals surface area (Å²) < 4.78 is 37.1. The first kappa shape index (κ1) is 42.1. The quantitative estimate of drug-likeness (QED) is 0.161. The highest BCUT2D eigenvalue weighted by Crippen LogP contribution is 2.45. The molecule has 2 fully saturated rings. The number of carbonyl (C=O) groups is 3. The van der Waals surface area contributed by atoms with E-state index >= 15 is 4.79 Å². The van der Waals surface area contributed by atoms with Gasteiger partial charge in [0.2, 0.25) is 5.91 Å². The van der Waals surface area contributed by atoms with Gasteiger partial charge in [-0.3, -0.25) is 9.69 Å². The summed E-state index contributed by atoms with van der Waals surface area (Å²) in [5.74, 6) is -0.905. The molecule has 2 saturated heterocycles. The number of hydrogen-bond acceptors (Lipinski definition) is 9. The molecule has 0 spiro atoms. The molecule has 0 aromatic carbocycles. The van der Waals surface area contributed by atoms with Crippen LogP contribution in [-0.4, -0.2) is 102 Å². The zero-order chi connectivity index (χ0) is 39.0. The van der Waals surface area contributed by atoms with Crippen LogP contribution in [0.5, 0.6) is 0 Å². The summed E-state index contributed by atoms with van der Waals surface area (Å²) >= 11 is 0. The summed E-state index contributed by atoms with van der Waals surface area (Å²) in [6.07, 6.45) is 8.69. The van der Waals surface area contributed by atoms with Gasteiger partial charge in [0, 0.05) is 20.9 Å². The van der Waals surface area contributed by atoms with Crippen LogP contribution >= 0.6 is 0 Å². The fraction of sp³-hybridized carbons (Fsp3) is 0.711. The molecule has 4 heterocycles. The van der Waals surface area contributed by atoms with E-state index in [2.05, 4.69) is 87.4 Å². The Morgan fingerprint density at radius 2 is 1.19 bits per heavy atom. The van der Waals surface area contributed by atoms with Crippen LogP contribution in [0.15, 0.2) is 48.3 Å². The van der Waals surface area contributed by atoms with E-state index in [1.807, 2.05) is 12.2 Å². The molecule has 14 heteroatoms. The number of rotatable bonds is 10. The van der Waals surface area contributed by atoms with Crippen molar-refractivity contribution in [2.24, 2.45) is 0 Å². The van der Waals surface area contributed by atoms with Gasteiger partial charge in [-0.1, -0.05) is 61.2 Å². The van der Waals surface area contributed by atoms with Crippen LogP contribution in [0, 0.1) is 0 Å². The first-order valence-electron chi connectivity index (χ1n) is 18.7. The van der Waals surface area contributed by atoms with Gasteiger partial charge >= 0.3 is 12.1 Å². The lowest BCUT2D eigenvalue weighted by Gasteiger charge is -2.43. The Kier molecular flexibility index (Phi) is 12.6. The molecule has 2 amide bonds. The van der Waals surface area contributed by atoms with Crippen LogP contribution in [0.4, 0.5) is 4.79 Å². The van der Waals surface area contributed by atoms with E-state index in [1.165, 1.54) is 0 Å². The van der Waals surface area contributed by atoms with Gasteiger partial charge in [-0.2, -0.15) is 0 Å². The maximum absolute atomic E-state index is 15.4. The minimum Gasteiger partial charge on any atom is -0.473 e. The molecule has 4 aliphatic rings. The Morgan fingerprint density at radius 1 is 0.731 bits per heavy atom. The van der Waals surface area contributed by atoms with Crippen LogP contribution in [0.3, 0.4) is 0 Å². The predicted octanol–water partition coefficient (Wildman–Crippen LogP) is 8.07. The average Bonchev–Trinajstić information content (AvgIpc) is 3.44. The molecule has 0 radical (unpaired) electrons. The van der Waals surface area contributed by atoms with Gasteiger partial charge in [0.15, 0.2) is 16.6 Å². The van der Waals surface area contributed by atoms with E-state index in [4.69, 9.17) is 27.8 Å². The van der Waals surface area contributed by atoms with E-state index in [0.29, 0.717) is 0 Å². The minimum absolute atomic E-state index is 0.117. The van der Waals surface area contributed by atoms with Gasteiger partial charge in [0.25, 0.3) is 0 Å². The van der Waals surface area contributed by atoms with Crippen LogP contribution in [0.1, 0.15) is 61.3 Å². The van der Waals surface area contributed by atoms with Crippen LogP contribution in [0.25, 0.3) is 0 Å². The van der Waals surface area contributed by atoms with Crippen LogP contribution < -0.4 is 0 Å². The number of ether oxygens (including phenoxy) is 4. The molecule has 0 N–H and O–H groups in total. The Balaban J connectivity index is 1.83. The first-order valence-corrected chi connectivity index (χ1v) is 28.2. The number of carbonyl (C=O) groups excluding carboxylic acids is 3. The molecular weight excluding hydrogens is 713 g/mol. The first-order chi connectivity index (χ1) is 23.9. The summed E-state index contributed by atoms with van der Waals surface area (Å²) in [7, 11) is -6.32. The fourth-order valence-electron chi connectivity index (χ4n) is 6.42. The third kappa shape index (κ3) is 9.16. The number of fused-ring (bicyclic) bond motifs is 2. The van der Waals surface area contributed by atoms with Crippen molar-refractivity contribution in [2.75, 3.05) is 13.2 Å². The molecule has 292 valence electrons. The molecule has 0 unspecified atom stereocenters. The largest absolute Gasteiger partial charge is 0.473 e. The van der Waals surface area contributed by atoms with E-state index in [9.17, 15) is 9.59 Å². The SMILES string of the molecule is CCOC(=O)[C@H]1CC2=COC=C[C@H](O[Si](C)(C)C(C)(C)C)[C@H]2N1C(=O)[C@H]1CC2=COC=C[C@H](O[Si](C)(C)C(C)(C)C)[C@H]2N1C(=O)OCC[Si](C)(C)C. The normalized spacial score (nSPS) is 26.7. The summed E-state index contributed by atoms with van der Waals surface area (Å²) in [6.45, 7) is 30.4. The lowest BCUT2D eigenvalue weighted by atomic mass is 10.0. The van der Waals surface area contributed by atoms with Gasteiger partial charge in [-0.15, -0.1) is 0 Å². The molecule has 4 aliphatic heterocycles. The molecule has 0 saturated carbocycles. The minimum atomic E-state index is -2.39. The van der Waals surface area contributed by atoms with Crippen molar-refractivity contribution in [1.82, 2.24) is 9.80 Å². The highest BCUT2D eigenvalue weighted by atomic mass is 28.4. The summed E-state index contributed by atoms with van der Waals surface area (Å²) in [4.78, 5) is 46.7. The number of likely N-dealkylation sites (tertiary alicyclic amines) is 2. The molecule has 0 aliphatic carbocycles. The van der Waals surface area contributed by atoms with E-state index in [1.54, 1.807) is 41.8 Å². The number of hydrogen-bond donors (Lipinski definition) is 0. The number of amides is 2. The zero-order valence-corrected chi connectivity index (χ0v) is 37.0. The Hall–Kier alpha value is -2.66. The maximum Gasteiger partial charge on any atom is 0.411 e. The van der Waals surface area contributed by atoms with Gasteiger partial charge in [-0.05, 0) is 72.5 Å². The Bertz CT molecular complexity index is 1470. The summed E-state index contributed by atoms with van der Waals surface area (Å²) in [5, 5.41) is -0.241. The molecule has 0 bridgehead atoms. The van der Waals surface area contributed by atoms with E-state index in [0.717, 1.165) is 17.2 Å². The zero-order valence-electron chi connectivity index (χ0n) is 34.0. The lowest BCUT2D eigenvalue weighted by molar-refractivity contribution is -0.156. The van der Waals surface area contributed by atoms with Crippen molar-refractivity contribution in [3.63, 3.8) is 0 Å². The summed E-state index contributed by atoms with van der Waals surface area (Å²) in [6, 6.07) is -2.48. The van der Waals surface area contributed by atoms with Crippen molar-refractivity contribution in [3.05, 3.63) is 48.3 Å². The summed E-state index contributed by atoms with van der Waals surface area (Å²) in [5.41, 5.74) is 1.50. The fourth-order valence-corrected chi connectivity index (χ4v) is 9.62. The van der Waals surface area contributed by atoms with Crippen LogP contribution in [0.2, 0.25) is 61.9 Å². The monoisotopic (exact) mass is 776 g/mol. The van der Waals surface area contributed by atoms with Gasteiger partial charge in [-0.25, -0.2) is 9.59 Å². The molecule has 11 nitrogen and oxygen atoms in total. The number of esters is 1. The molecule has 52 heavy (non-hydrogen) atoms. The molecule has 0 aromatic rings. The smallest absolute Gasteiger partial charge is 0.411 e. The maximum atomic E-state index is 15.4. The second kappa shape index (κ2) is 15.6. The highest BCUT2D eigenvalue weighted by Gasteiger charge is 2.57. The second-order valence-corrected chi connectivity index (χ2v) is 33.8. The average molecular weight is 777 g/mol. The van der Waals surface area contributed by atoms with Gasteiger partial charge in [0.1, 0.15) is 12.1 Å². The molecule has 6 atom stereocenters. The third-order valence-electron chi connectivity index (χ3n) is 11.5. The van der Waals surface area contributed by atoms with Crippen LogP contribution in [-0.2, 0) is 37.4 Å². The predicted molar refractivity (Wildman–Crippen MR) is 210 cm³/mol. The second-order valence-electron chi connectivity index (χ2n) is 18.7. The van der Waals surface area contributed by atoms with Crippen molar-refractivity contribution < 1.29 is 42.2 Å². The Labute approximate surface area is 315 Å². The van der Waals surface area contributed by atoms with Gasteiger partial charge < -0.3 is 32.7 Å². The molecular formula is C38H64N2O9Si3. The molecule has 0 aromatic heterocycles. The van der Waals surface area contributed by atoms with E-state index < -0.39 is 79.1 Å². The van der Waals surface area contributed by atoms with Crippen molar-refractivity contribution in [1.29, 1.82) is 0 Å². The number of nitrogens with zero attached hydrogens (tertiary/aromatic N) is 2. The van der Waals surface area contributed by atoms with E-state index in [-0.39, 0.29) is 36.1 Å². The van der Waals surface area contributed by atoms with Crippen molar-refractivity contribution in [3.8, 4) is 0 Å². The highest BCUT2D eigenvalue weighted by molar-refractivity contribution is 6.76. The standard InChI is InChI=1S/C38H64N2O9Si3/c1-15-46-35(42)29-23-27-25-45-18-16-30(48-51(11,12)37(2,3)4)32(27)39(29)34(41)28-22-26-24-44-19-17-31(49-52(13,14)38(5,6)7)33(26)40(28)36(43)47-20-21-50(8,9)10/h16-19,24-25,28-33H,15,20-23H2,1-14H3/t28-,29-,30+,31+,32+,33+/m1/s1. The Morgan fingerprint density at radius 3 is 1.63 bits per heavy atom.